The minimum atomic E-state index is -0.119. The number of para-hydroxylation sites is 1. The third-order valence-electron chi connectivity index (χ3n) is 2.86. The molecule has 0 saturated heterocycles. The molecule has 1 N–H and O–H groups in total. The Morgan fingerprint density at radius 1 is 1.15 bits per heavy atom. The van der Waals surface area contributed by atoms with Crippen LogP contribution in [0.5, 0.6) is 5.75 Å². The summed E-state index contributed by atoms with van der Waals surface area (Å²) in [5.74, 6) is 0.642. The maximum absolute atomic E-state index is 12.1. The number of carbonyl (C=O) groups excluding carboxylic acids is 1. The van der Waals surface area contributed by atoms with Crippen molar-refractivity contribution in [2.75, 3.05) is 17.3 Å². The molecular formula is C16H16BrNO2. The van der Waals surface area contributed by atoms with E-state index in [0.29, 0.717) is 12.2 Å². The molecule has 0 aliphatic rings. The van der Waals surface area contributed by atoms with Gasteiger partial charge in [0, 0.05) is 16.6 Å². The van der Waals surface area contributed by atoms with Crippen LogP contribution < -0.4 is 10.1 Å². The molecule has 0 heterocycles. The highest BCUT2D eigenvalue weighted by molar-refractivity contribution is 9.09. The first kappa shape index (κ1) is 14.6. The Morgan fingerprint density at radius 3 is 2.50 bits per heavy atom. The Morgan fingerprint density at radius 2 is 1.85 bits per heavy atom. The zero-order valence-electron chi connectivity index (χ0n) is 11.2. The highest BCUT2D eigenvalue weighted by Crippen LogP contribution is 2.16. The molecule has 20 heavy (non-hydrogen) atoms. The summed E-state index contributed by atoms with van der Waals surface area (Å²) in [6.07, 6.45) is 0. The van der Waals surface area contributed by atoms with Gasteiger partial charge in [0.15, 0.2) is 0 Å². The lowest BCUT2D eigenvalue weighted by Crippen LogP contribution is -2.12. The number of ether oxygens (including phenoxy) is 1. The monoisotopic (exact) mass is 333 g/mol. The number of alkyl halides is 1. The Labute approximate surface area is 127 Å². The topological polar surface area (TPSA) is 38.3 Å². The minimum absolute atomic E-state index is 0.119. The Hall–Kier alpha value is -1.81. The summed E-state index contributed by atoms with van der Waals surface area (Å²) in [6.45, 7) is 2.57. The van der Waals surface area contributed by atoms with E-state index in [4.69, 9.17) is 4.74 Å². The number of nitrogens with one attached hydrogen (secondary N) is 1. The van der Waals surface area contributed by atoms with Crippen LogP contribution in [0.2, 0.25) is 0 Å². The SMILES string of the molecule is Cc1ccccc1NC(=O)c1ccc(OCCBr)cc1. The van der Waals surface area contributed by atoms with Gasteiger partial charge in [-0.05, 0) is 42.8 Å². The first-order valence-corrected chi connectivity index (χ1v) is 7.48. The number of rotatable bonds is 5. The van der Waals surface area contributed by atoms with E-state index in [0.717, 1.165) is 22.3 Å². The fraction of sp³-hybridized carbons (Fsp3) is 0.188. The number of anilines is 1. The average Bonchev–Trinajstić information content (AvgIpc) is 2.48. The predicted molar refractivity (Wildman–Crippen MR) is 84.9 cm³/mol. The van der Waals surface area contributed by atoms with Crippen LogP contribution in [0.3, 0.4) is 0 Å². The normalized spacial score (nSPS) is 10.1. The fourth-order valence-corrected chi connectivity index (χ4v) is 1.93. The van der Waals surface area contributed by atoms with Gasteiger partial charge in [-0.15, -0.1) is 0 Å². The molecular weight excluding hydrogens is 318 g/mol. The molecule has 104 valence electrons. The van der Waals surface area contributed by atoms with Crippen molar-refractivity contribution in [3.63, 3.8) is 0 Å². The summed E-state index contributed by atoms with van der Waals surface area (Å²) >= 11 is 3.30. The summed E-state index contributed by atoms with van der Waals surface area (Å²) in [4.78, 5) is 12.1. The highest BCUT2D eigenvalue weighted by Gasteiger charge is 2.07. The van der Waals surface area contributed by atoms with Crippen LogP contribution in [-0.2, 0) is 0 Å². The molecule has 0 spiro atoms. The number of aryl methyl sites for hydroxylation is 1. The molecule has 0 unspecified atom stereocenters. The molecule has 2 aromatic rings. The lowest BCUT2D eigenvalue weighted by Gasteiger charge is -2.09. The van der Waals surface area contributed by atoms with E-state index in [1.165, 1.54) is 0 Å². The molecule has 0 fully saturated rings. The first-order valence-electron chi connectivity index (χ1n) is 6.36. The van der Waals surface area contributed by atoms with Crippen LogP contribution in [0.25, 0.3) is 0 Å². The van der Waals surface area contributed by atoms with Gasteiger partial charge >= 0.3 is 0 Å². The molecule has 0 atom stereocenters. The van der Waals surface area contributed by atoms with Gasteiger partial charge in [0.2, 0.25) is 0 Å². The van der Waals surface area contributed by atoms with E-state index >= 15 is 0 Å². The maximum atomic E-state index is 12.1. The number of halogens is 1. The average molecular weight is 334 g/mol. The summed E-state index contributed by atoms with van der Waals surface area (Å²) in [7, 11) is 0. The van der Waals surface area contributed by atoms with Crippen LogP contribution in [-0.4, -0.2) is 17.8 Å². The second-order valence-electron chi connectivity index (χ2n) is 4.33. The van der Waals surface area contributed by atoms with Crippen LogP contribution in [0, 0.1) is 6.92 Å². The van der Waals surface area contributed by atoms with Gasteiger partial charge in [-0.2, -0.15) is 0 Å². The number of benzene rings is 2. The molecule has 1 amide bonds. The van der Waals surface area contributed by atoms with Gasteiger partial charge in [-0.1, -0.05) is 34.1 Å². The zero-order chi connectivity index (χ0) is 14.4. The molecule has 4 heteroatoms. The number of hydrogen-bond acceptors (Lipinski definition) is 2. The van der Waals surface area contributed by atoms with Crippen LogP contribution in [0.1, 0.15) is 15.9 Å². The Balaban J connectivity index is 2.04. The van der Waals surface area contributed by atoms with Gasteiger partial charge in [-0.25, -0.2) is 0 Å². The molecule has 0 aliphatic heterocycles. The molecule has 0 bridgehead atoms. The van der Waals surface area contributed by atoms with Gasteiger partial charge < -0.3 is 10.1 Å². The Kier molecular flexibility index (Phi) is 5.18. The lowest BCUT2D eigenvalue weighted by molar-refractivity contribution is 0.102. The minimum Gasteiger partial charge on any atom is -0.493 e. The lowest BCUT2D eigenvalue weighted by atomic mass is 10.1. The highest BCUT2D eigenvalue weighted by atomic mass is 79.9. The largest absolute Gasteiger partial charge is 0.493 e. The second-order valence-corrected chi connectivity index (χ2v) is 5.12. The van der Waals surface area contributed by atoms with E-state index in [2.05, 4.69) is 21.2 Å². The summed E-state index contributed by atoms with van der Waals surface area (Å²) in [6, 6.07) is 14.8. The summed E-state index contributed by atoms with van der Waals surface area (Å²) < 4.78 is 5.45. The van der Waals surface area contributed by atoms with Gasteiger partial charge in [0.1, 0.15) is 5.75 Å². The third-order valence-corrected chi connectivity index (χ3v) is 3.18. The van der Waals surface area contributed by atoms with Crippen LogP contribution in [0.15, 0.2) is 48.5 Å². The van der Waals surface area contributed by atoms with Gasteiger partial charge in [-0.3, -0.25) is 4.79 Å². The van der Waals surface area contributed by atoms with Gasteiger partial charge in [0.25, 0.3) is 5.91 Å². The van der Waals surface area contributed by atoms with Crippen molar-refractivity contribution < 1.29 is 9.53 Å². The first-order chi connectivity index (χ1) is 9.70. The van der Waals surface area contributed by atoms with Crippen LogP contribution >= 0.6 is 15.9 Å². The molecule has 0 radical (unpaired) electrons. The van der Waals surface area contributed by atoms with Crippen molar-refractivity contribution in [1.82, 2.24) is 0 Å². The van der Waals surface area contributed by atoms with Crippen molar-refractivity contribution in [2.24, 2.45) is 0 Å². The molecule has 0 aliphatic carbocycles. The van der Waals surface area contributed by atoms with E-state index < -0.39 is 0 Å². The summed E-state index contributed by atoms with van der Waals surface area (Å²) in [5, 5.41) is 3.68. The van der Waals surface area contributed by atoms with E-state index in [1.54, 1.807) is 24.3 Å². The maximum Gasteiger partial charge on any atom is 0.255 e. The Bertz CT molecular complexity index is 581. The van der Waals surface area contributed by atoms with E-state index in [1.807, 2.05) is 31.2 Å². The third kappa shape index (κ3) is 3.84. The predicted octanol–water partition coefficient (Wildman–Crippen LogP) is 4.02. The number of amides is 1. The van der Waals surface area contributed by atoms with Crippen molar-refractivity contribution in [1.29, 1.82) is 0 Å². The van der Waals surface area contributed by atoms with E-state index in [9.17, 15) is 4.79 Å². The summed E-state index contributed by atoms with van der Waals surface area (Å²) in [5.41, 5.74) is 2.48. The van der Waals surface area contributed by atoms with Crippen molar-refractivity contribution in [2.45, 2.75) is 6.92 Å². The van der Waals surface area contributed by atoms with Crippen molar-refractivity contribution >= 4 is 27.5 Å². The molecule has 0 saturated carbocycles. The van der Waals surface area contributed by atoms with E-state index in [-0.39, 0.29) is 5.91 Å². The number of hydrogen-bond donors (Lipinski definition) is 1. The standard InChI is InChI=1S/C16H16BrNO2/c1-12-4-2-3-5-15(12)18-16(19)13-6-8-14(9-7-13)20-11-10-17/h2-9H,10-11H2,1H3,(H,18,19). The number of carbonyl (C=O) groups is 1. The zero-order valence-corrected chi connectivity index (χ0v) is 12.8. The second kappa shape index (κ2) is 7.10. The fourth-order valence-electron chi connectivity index (χ4n) is 1.77. The van der Waals surface area contributed by atoms with Crippen molar-refractivity contribution in [3.05, 3.63) is 59.7 Å². The molecule has 0 aromatic heterocycles. The molecule has 2 aromatic carbocycles. The van der Waals surface area contributed by atoms with Crippen molar-refractivity contribution in [3.8, 4) is 5.75 Å². The molecule has 2 rings (SSSR count). The smallest absolute Gasteiger partial charge is 0.255 e. The van der Waals surface area contributed by atoms with Crippen LogP contribution in [0.4, 0.5) is 5.69 Å². The quantitative estimate of drug-likeness (QED) is 0.839. The molecule has 3 nitrogen and oxygen atoms in total. The van der Waals surface area contributed by atoms with Gasteiger partial charge in [0.05, 0.1) is 6.61 Å².